The Hall–Kier alpha value is -1.63. The van der Waals surface area contributed by atoms with Crippen LogP contribution >= 0.6 is 15.9 Å². The van der Waals surface area contributed by atoms with E-state index >= 15 is 0 Å². The number of halogens is 1. The van der Waals surface area contributed by atoms with Crippen LogP contribution in [0.1, 0.15) is 5.82 Å². The lowest BCUT2D eigenvalue weighted by molar-refractivity contribution is 0.395. The molecule has 0 saturated heterocycles. The van der Waals surface area contributed by atoms with Crippen LogP contribution < -0.4 is 10.5 Å². The molecule has 6 nitrogen and oxygen atoms in total. The van der Waals surface area contributed by atoms with Gasteiger partial charge >= 0.3 is 0 Å². The molecule has 84 valence electrons. The third-order valence-electron chi connectivity index (χ3n) is 1.94. The SMILES string of the molecule is COc1cc(-n2cc(Br)c(N)n2)nc(C)n1. The van der Waals surface area contributed by atoms with Gasteiger partial charge < -0.3 is 10.5 Å². The van der Waals surface area contributed by atoms with E-state index in [1.165, 1.54) is 0 Å². The molecule has 2 rings (SSSR count). The summed E-state index contributed by atoms with van der Waals surface area (Å²) in [7, 11) is 1.55. The molecule has 0 fully saturated rings. The molecule has 2 N–H and O–H groups in total. The van der Waals surface area contributed by atoms with Gasteiger partial charge in [-0.25, -0.2) is 9.67 Å². The lowest BCUT2D eigenvalue weighted by Gasteiger charge is -2.04. The number of ether oxygens (including phenoxy) is 1. The highest BCUT2D eigenvalue weighted by molar-refractivity contribution is 9.10. The number of nitrogens with zero attached hydrogens (tertiary/aromatic N) is 4. The maximum atomic E-state index is 5.63. The first-order chi connectivity index (χ1) is 7.60. The number of hydrogen-bond acceptors (Lipinski definition) is 5. The van der Waals surface area contributed by atoms with Crippen LogP contribution in [0.25, 0.3) is 5.82 Å². The molecule has 0 atom stereocenters. The molecule has 0 aromatic carbocycles. The van der Waals surface area contributed by atoms with Crippen molar-refractivity contribution in [2.75, 3.05) is 12.8 Å². The van der Waals surface area contributed by atoms with Crippen molar-refractivity contribution in [3.05, 3.63) is 22.6 Å². The van der Waals surface area contributed by atoms with E-state index in [-0.39, 0.29) is 0 Å². The van der Waals surface area contributed by atoms with Gasteiger partial charge in [0.2, 0.25) is 5.88 Å². The van der Waals surface area contributed by atoms with Crippen LogP contribution in [-0.2, 0) is 0 Å². The second-order valence-electron chi connectivity index (χ2n) is 3.12. The Morgan fingerprint density at radius 2 is 2.19 bits per heavy atom. The van der Waals surface area contributed by atoms with Gasteiger partial charge in [0.15, 0.2) is 11.6 Å². The van der Waals surface area contributed by atoms with Crippen molar-refractivity contribution < 1.29 is 4.74 Å². The smallest absolute Gasteiger partial charge is 0.218 e. The number of nitrogens with two attached hydrogens (primary N) is 1. The zero-order valence-corrected chi connectivity index (χ0v) is 10.4. The van der Waals surface area contributed by atoms with Gasteiger partial charge in [-0.05, 0) is 22.9 Å². The summed E-state index contributed by atoms with van der Waals surface area (Å²) in [5.41, 5.74) is 5.63. The molecule has 0 unspecified atom stereocenters. The van der Waals surface area contributed by atoms with Crippen LogP contribution in [0.3, 0.4) is 0 Å². The second-order valence-corrected chi connectivity index (χ2v) is 3.98. The predicted molar refractivity (Wildman–Crippen MR) is 62.6 cm³/mol. The summed E-state index contributed by atoms with van der Waals surface area (Å²) in [6.07, 6.45) is 1.73. The summed E-state index contributed by atoms with van der Waals surface area (Å²) in [6.45, 7) is 1.79. The van der Waals surface area contributed by atoms with Gasteiger partial charge in [-0.15, -0.1) is 5.10 Å². The minimum atomic E-state index is 0.412. The van der Waals surface area contributed by atoms with Crippen molar-refractivity contribution in [2.45, 2.75) is 6.92 Å². The fourth-order valence-corrected chi connectivity index (χ4v) is 1.50. The van der Waals surface area contributed by atoms with E-state index in [1.807, 2.05) is 0 Å². The Morgan fingerprint density at radius 1 is 1.44 bits per heavy atom. The summed E-state index contributed by atoms with van der Waals surface area (Å²) >= 11 is 3.28. The molecule has 0 radical (unpaired) electrons. The Bertz CT molecular complexity index is 505. The van der Waals surface area contributed by atoms with Gasteiger partial charge in [0, 0.05) is 12.3 Å². The maximum Gasteiger partial charge on any atom is 0.218 e. The highest BCUT2D eigenvalue weighted by Crippen LogP contribution is 2.20. The first-order valence-electron chi connectivity index (χ1n) is 4.51. The van der Waals surface area contributed by atoms with Gasteiger partial charge in [-0.1, -0.05) is 0 Å². The topological polar surface area (TPSA) is 78.9 Å². The van der Waals surface area contributed by atoms with Crippen LogP contribution in [-0.4, -0.2) is 26.9 Å². The van der Waals surface area contributed by atoms with Crippen molar-refractivity contribution in [3.8, 4) is 11.7 Å². The molecule has 0 amide bonds. The quantitative estimate of drug-likeness (QED) is 0.899. The van der Waals surface area contributed by atoms with E-state index in [1.54, 1.807) is 31.0 Å². The third-order valence-corrected chi connectivity index (χ3v) is 2.55. The summed E-state index contributed by atoms with van der Waals surface area (Å²) in [5.74, 6) is 2.13. The number of aromatic nitrogens is 4. The molecule has 0 spiro atoms. The van der Waals surface area contributed by atoms with Crippen molar-refractivity contribution in [1.29, 1.82) is 0 Å². The average molecular weight is 284 g/mol. The van der Waals surface area contributed by atoms with Gasteiger partial charge in [0.1, 0.15) is 5.82 Å². The van der Waals surface area contributed by atoms with Crippen molar-refractivity contribution in [2.24, 2.45) is 0 Å². The monoisotopic (exact) mass is 283 g/mol. The molecular weight excluding hydrogens is 274 g/mol. The van der Waals surface area contributed by atoms with Crippen LogP contribution in [0, 0.1) is 6.92 Å². The van der Waals surface area contributed by atoms with E-state index in [9.17, 15) is 0 Å². The molecule has 7 heteroatoms. The first-order valence-corrected chi connectivity index (χ1v) is 5.30. The van der Waals surface area contributed by atoms with Gasteiger partial charge in [-0.3, -0.25) is 0 Å². The maximum absolute atomic E-state index is 5.63. The minimum Gasteiger partial charge on any atom is -0.481 e. The number of hydrogen-bond donors (Lipinski definition) is 1. The van der Waals surface area contributed by atoms with E-state index in [0.717, 1.165) is 4.47 Å². The van der Waals surface area contributed by atoms with E-state index in [0.29, 0.717) is 23.3 Å². The van der Waals surface area contributed by atoms with E-state index in [2.05, 4.69) is 31.0 Å². The molecule has 0 aliphatic heterocycles. The van der Waals surface area contributed by atoms with Crippen LogP contribution in [0.5, 0.6) is 5.88 Å². The van der Waals surface area contributed by atoms with E-state index < -0.39 is 0 Å². The normalized spacial score (nSPS) is 10.4. The summed E-state index contributed by atoms with van der Waals surface area (Å²) in [5, 5.41) is 4.10. The molecule has 0 saturated carbocycles. The molecule has 16 heavy (non-hydrogen) atoms. The van der Waals surface area contributed by atoms with Gasteiger partial charge in [0.25, 0.3) is 0 Å². The molecule has 0 bridgehead atoms. The van der Waals surface area contributed by atoms with E-state index in [4.69, 9.17) is 10.5 Å². The standard InChI is InChI=1S/C9H10BrN5O/c1-5-12-7(3-8(13-5)16-2)15-4-6(10)9(11)14-15/h3-4H,1-2H3,(H2,11,14). The lowest BCUT2D eigenvalue weighted by Crippen LogP contribution is -2.03. The van der Waals surface area contributed by atoms with Crippen molar-refractivity contribution in [1.82, 2.24) is 19.7 Å². The number of rotatable bonds is 2. The Labute approximate surface area is 101 Å². The fourth-order valence-electron chi connectivity index (χ4n) is 1.23. The van der Waals surface area contributed by atoms with Crippen LogP contribution in [0.15, 0.2) is 16.7 Å². The lowest BCUT2D eigenvalue weighted by atomic mass is 10.5. The molecule has 2 aromatic heterocycles. The number of nitrogen functional groups attached to an aromatic ring is 1. The predicted octanol–water partition coefficient (Wildman–Crippen LogP) is 1.32. The second kappa shape index (κ2) is 4.09. The molecule has 0 aliphatic carbocycles. The average Bonchev–Trinajstić information content (AvgIpc) is 2.58. The van der Waals surface area contributed by atoms with Crippen molar-refractivity contribution in [3.63, 3.8) is 0 Å². The minimum absolute atomic E-state index is 0.412. The largest absolute Gasteiger partial charge is 0.481 e. The Morgan fingerprint density at radius 3 is 2.75 bits per heavy atom. The zero-order valence-electron chi connectivity index (χ0n) is 8.81. The number of aryl methyl sites for hydroxylation is 1. The van der Waals surface area contributed by atoms with Crippen molar-refractivity contribution >= 4 is 21.7 Å². The highest BCUT2D eigenvalue weighted by Gasteiger charge is 2.08. The van der Waals surface area contributed by atoms with Gasteiger partial charge in [-0.2, -0.15) is 4.98 Å². The summed E-state index contributed by atoms with van der Waals surface area (Å²) < 4.78 is 7.35. The Kier molecular flexibility index (Phi) is 2.78. The molecule has 2 heterocycles. The summed E-state index contributed by atoms with van der Waals surface area (Å²) in [4.78, 5) is 8.33. The number of methoxy groups -OCH3 is 1. The molecule has 2 aromatic rings. The molecule has 0 aliphatic rings. The first kappa shape index (κ1) is 10.9. The molecular formula is C9H10BrN5O. The van der Waals surface area contributed by atoms with Gasteiger partial charge in [0.05, 0.1) is 11.6 Å². The van der Waals surface area contributed by atoms with Crippen LogP contribution in [0.2, 0.25) is 0 Å². The number of anilines is 1. The highest BCUT2D eigenvalue weighted by atomic mass is 79.9. The Balaban J connectivity index is 2.50. The van der Waals surface area contributed by atoms with Crippen LogP contribution in [0.4, 0.5) is 5.82 Å². The summed E-state index contributed by atoms with van der Waals surface area (Å²) in [6, 6.07) is 1.69. The fraction of sp³-hybridized carbons (Fsp3) is 0.222. The third kappa shape index (κ3) is 1.99. The zero-order chi connectivity index (χ0) is 11.7.